The molecule has 7 nitrogen and oxygen atoms in total. The van der Waals surface area contributed by atoms with Gasteiger partial charge in [0.05, 0.1) is 19.4 Å². The number of para-hydroxylation sites is 1. The number of nitrogens with zero attached hydrogens (tertiary/aromatic N) is 1. The summed E-state index contributed by atoms with van der Waals surface area (Å²) in [6.45, 7) is 3.93. The first kappa shape index (κ1) is 27.8. The Morgan fingerprint density at radius 2 is 1.89 bits per heavy atom. The number of hydrogen-bond donors (Lipinski definition) is 2. The van der Waals surface area contributed by atoms with Crippen LogP contribution in [-0.4, -0.2) is 35.7 Å². The number of carbonyl (C=O) groups is 2. The molecule has 0 saturated carbocycles. The molecular formula is C27H28F2N2O5S. The van der Waals surface area contributed by atoms with E-state index in [9.17, 15) is 18.4 Å². The van der Waals surface area contributed by atoms with Gasteiger partial charge in [0.2, 0.25) is 0 Å². The van der Waals surface area contributed by atoms with Gasteiger partial charge in [0.25, 0.3) is 5.91 Å². The maximum atomic E-state index is 14.4. The minimum Gasteiger partial charge on any atom is -0.492 e. The number of hydrogen-bond acceptors (Lipinski definition) is 6. The molecule has 1 aromatic heterocycles. The highest BCUT2D eigenvalue weighted by molar-refractivity contribution is 7.14. The van der Waals surface area contributed by atoms with Crippen LogP contribution in [0.4, 0.5) is 13.9 Å². The molecule has 0 fully saturated rings. The Morgan fingerprint density at radius 3 is 2.54 bits per heavy atom. The van der Waals surface area contributed by atoms with Crippen LogP contribution in [0, 0.1) is 11.6 Å². The molecule has 0 spiro atoms. The molecule has 1 amide bonds. The minimum atomic E-state index is -1.30. The van der Waals surface area contributed by atoms with Crippen molar-refractivity contribution < 1.29 is 33.0 Å². The second-order valence-corrected chi connectivity index (χ2v) is 9.08. The van der Waals surface area contributed by atoms with Gasteiger partial charge in [-0.2, -0.15) is 0 Å². The molecule has 0 bridgehead atoms. The zero-order chi connectivity index (χ0) is 26.9. The summed E-state index contributed by atoms with van der Waals surface area (Å²) < 4.78 is 40.4. The van der Waals surface area contributed by atoms with Crippen LogP contribution in [-0.2, 0) is 4.79 Å². The average molecular weight is 531 g/mol. The monoisotopic (exact) mass is 530 g/mol. The predicted octanol–water partition coefficient (Wildman–Crippen LogP) is 6.80. The van der Waals surface area contributed by atoms with Crippen molar-refractivity contribution in [2.45, 2.75) is 39.5 Å². The van der Waals surface area contributed by atoms with Crippen LogP contribution in [0.5, 0.6) is 11.5 Å². The highest BCUT2D eigenvalue weighted by atomic mass is 32.1. The Bertz CT molecular complexity index is 1280. The largest absolute Gasteiger partial charge is 0.492 e. The number of halogens is 2. The summed E-state index contributed by atoms with van der Waals surface area (Å²) in [5.41, 5.74) is 0.162. The van der Waals surface area contributed by atoms with E-state index in [1.807, 2.05) is 18.2 Å². The maximum absolute atomic E-state index is 14.4. The molecule has 3 aromatic rings. The molecule has 196 valence electrons. The van der Waals surface area contributed by atoms with E-state index in [0.717, 1.165) is 55.2 Å². The van der Waals surface area contributed by atoms with Gasteiger partial charge in [-0.15, -0.1) is 11.3 Å². The topological polar surface area (TPSA) is 97.8 Å². The second-order valence-electron chi connectivity index (χ2n) is 8.22. The van der Waals surface area contributed by atoms with Gasteiger partial charge in [-0.25, -0.2) is 18.6 Å². The summed E-state index contributed by atoms with van der Waals surface area (Å²) in [6, 6.07) is 7.15. The summed E-state index contributed by atoms with van der Waals surface area (Å²) in [5, 5.41) is 13.4. The number of benzene rings is 2. The van der Waals surface area contributed by atoms with Crippen molar-refractivity contribution in [2.75, 3.05) is 19.0 Å². The van der Waals surface area contributed by atoms with Gasteiger partial charge >= 0.3 is 5.97 Å². The van der Waals surface area contributed by atoms with Gasteiger partial charge in [0.15, 0.2) is 16.6 Å². The van der Waals surface area contributed by atoms with E-state index in [1.54, 1.807) is 5.38 Å². The third-order valence-electron chi connectivity index (χ3n) is 5.48. The number of thiazole rings is 1. The zero-order valence-electron chi connectivity index (χ0n) is 20.8. The molecule has 2 N–H and O–H groups in total. The molecular weight excluding hydrogens is 502 g/mol. The lowest BCUT2D eigenvalue weighted by Gasteiger charge is -2.13. The van der Waals surface area contributed by atoms with Crippen molar-refractivity contribution in [3.63, 3.8) is 0 Å². The van der Waals surface area contributed by atoms with E-state index in [4.69, 9.17) is 14.6 Å². The number of aromatic nitrogens is 1. The molecule has 0 saturated heterocycles. The fourth-order valence-corrected chi connectivity index (χ4v) is 4.21. The molecule has 2 aromatic carbocycles. The number of carboxylic acids is 1. The smallest absolute Gasteiger partial charge is 0.331 e. The first-order valence-corrected chi connectivity index (χ1v) is 12.6. The van der Waals surface area contributed by atoms with E-state index >= 15 is 0 Å². The molecule has 3 rings (SSSR count). The molecule has 37 heavy (non-hydrogen) atoms. The third kappa shape index (κ3) is 7.13. The second kappa shape index (κ2) is 13.0. The van der Waals surface area contributed by atoms with E-state index < -0.39 is 29.1 Å². The third-order valence-corrected chi connectivity index (χ3v) is 6.24. The number of anilines is 1. The Morgan fingerprint density at radius 1 is 1.16 bits per heavy atom. The summed E-state index contributed by atoms with van der Waals surface area (Å²) in [7, 11) is 1.54. The van der Waals surface area contributed by atoms with Crippen molar-refractivity contribution in [1.29, 1.82) is 0 Å². The number of nitrogens with one attached hydrogen (secondary N) is 1. The number of methoxy groups -OCH3 is 1. The van der Waals surface area contributed by atoms with E-state index in [1.165, 1.54) is 14.0 Å². The lowest BCUT2D eigenvalue weighted by molar-refractivity contribution is -0.132. The number of carboxylic acid groups (broad SMARTS) is 1. The van der Waals surface area contributed by atoms with E-state index in [-0.39, 0.29) is 16.3 Å². The lowest BCUT2D eigenvalue weighted by atomic mass is 10.1. The quantitative estimate of drug-likeness (QED) is 0.198. The summed E-state index contributed by atoms with van der Waals surface area (Å²) in [5.74, 6) is -3.07. The molecule has 0 atom stereocenters. The van der Waals surface area contributed by atoms with Crippen LogP contribution in [0.3, 0.4) is 0 Å². The molecule has 10 heteroatoms. The fraction of sp³-hybridized carbons (Fsp3) is 0.296. The highest BCUT2D eigenvalue weighted by Gasteiger charge is 2.18. The zero-order valence-corrected chi connectivity index (χ0v) is 21.6. The van der Waals surface area contributed by atoms with Crippen molar-refractivity contribution in [3.8, 4) is 22.8 Å². The standard InChI is InChI=1S/C27H28F2N2O5S/c1-4-5-6-7-11-36-23-10-8-9-18(24(23)35-3)22-15-37-27(30-22)31-25(32)17-13-20(28)19(21(29)14-17)12-16(2)26(33)34/h8-10,12-15H,4-7,11H2,1-3H3,(H,33,34)(H,30,31,32). The predicted molar refractivity (Wildman–Crippen MR) is 139 cm³/mol. The van der Waals surface area contributed by atoms with Gasteiger partial charge in [0.1, 0.15) is 11.6 Å². The first-order chi connectivity index (χ1) is 17.7. The molecule has 0 radical (unpaired) electrons. The van der Waals surface area contributed by atoms with Crippen LogP contribution in [0.15, 0.2) is 41.3 Å². The number of carbonyl (C=O) groups excluding carboxylic acids is 1. The van der Waals surface area contributed by atoms with Crippen LogP contribution in [0.1, 0.15) is 55.5 Å². The average Bonchev–Trinajstić information content (AvgIpc) is 3.33. The van der Waals surface area contributed by atoms with Gasteiger partial charge in [-0.05, 0) is 43.7 Å². The van der Waals surface area contributed by atoms with Crippen LogP contribution in [0.2, 0.25) is 0 Å². The number of ether oxygens (including phenoxy) is 2. The number of unbranched alkanes of at least 4 members (excludes halogenated alkanes) is 3. The van der Waals surface area contributed by atoms with Crippen molar-refractivity contribution in [3.05, 3.63) is 64.0 Å². The summed E-state index contributed by atoms with van der Waals surface area (Å²) in [6.07, 6.45) is 5.19. The summed E-state index contributed by atoms with van der Waals surface area (Å²) >= 11 is 1.14. The van der Waals surface area contributed by atoms with Crippen LogP contribution >= 0.6 is 11.3 Å². The molecule has 0 aliphatic carbocycles. The van der Waals surface area contributed by atoms with Gasteiger partial charge in [0, 0.05) is 27.6 Å². The Kier molecular flexibility index (Phi) is 9.73. The van der Waals surface area contributed by atoms with Gasteiger partial charge in [-0.3, -0.25) is 10.1 Å². The first-order valence-electron chi connectivity index (χ1n) is 11.7. The van der Waals surface area contributed by atoms with Gasteiger partial charge < -0.3 is 14.6 Å². The van der Waals surface area contributed by atoms with Gasteiger partial charge in [-0.1, -0.05) is 32.3 Å². The Hall–Kier alpha value is -3.79. The van der Waals surface area contributed by atoms with Crippen molar-refractivity contribution >= 4 is 34.4 Å². The Balaban J connectivity index is 1.76. The maximum Gasteiger partial charge on any atom is 0.331 e. The van der Waals surface area contributed by atoms with Crippen LogP contribution < -0.4 is 14.8 Å². The molecule has 0 aliphatic rings. The Labute approximate surface area is 217 Å². The van der Waals surface area contributed by atoms with Crippen molar-refractivity contribution in [1.82, 2.24) is 4.98 Å². The normalized spacial score (nSPS) is 11.3. The number of aliphatic carboxylic acids is 1. The minimum absolute atomic E-state index is 0.222. The fourth-order valence-electron chi connectivity index (χ4n) is 3.51. The van der Waals surface area contributed by atoms with E-state index in [2.05, 4.69) is 17.2 Å². The van der Waals surface area contributed by atoms with Crippen molar-refractivity contribution in [2.24, 2.45) is 0 Å². The SMILES string of the molecule is CCCCCCOc1cccc(-c2csc(NC(=O)c3cc(F)c(C=C(C)C(=O)O)c(F)c3)n2)c1OC. The van der Waals surface area contributed by atoms with Crippen LogP contribution in [0.25, 0.3) is 17.3 Å². The number of amides is 1. The molecule has 1 heterocycles. The highest BCUT2D eigenvalue weighted by Crippen LogP contribution is 2.39. The molecule has 0 aliphatic heterocycles. The molecule has 0 unspecified atom stereocenters. The summed E-state index contributed by atoms with van der Waals surface area (Å²) in [4.78, 5) is 28.0. The van der Waals surface area contributed by atoms with E-state index in [0.29, 0.717) is 29.4 Å². The lowest BCUT2D eigenvalue weighted by Crippen LogP contribution is -2.13. The number of rotatable bonds is 12.